The van der Waals surface area contributed by atoms with Gasteiger partial charge in [0.1, 0.15) is 5.82 Å². The molecule has 7 heteroatoms. The Bertz CT molecular complexity index is 329. The fourth-order valence-electron chi connectivity index (χ4n) is 0.836. The van der Waals surface area contributed by atoms with Crippen LogP contribution in [-0.2, 0) is 0 Å². The van der Waals surface area contributed by atoms with Gasteiger partial charge in [-0.2, -0.15) is 13.9 Å². The molecule has 1 rings (SSSR count). The molecule has 0 bridgehead atoms. The summed E-state index contributed by atoms with van der Waals surface area (Å²) in [6, 6.07) is 1.44. The Kier molecular flexibility index (Phi) is 3.43. The summed E-state index contributed by atoms with van der Waals surface area (Å²) in [6.07, 6.45) is -2.26. The first-order valence-electron chi connectivity index (χ1n) is 4.11. The molecule has 84 valence electrons. The van der Waals surface area contributed by atoms with Crippen molar-refractivity contribution in [3.63, 3.8) is 0 Å². The van der Waals surface area contributed by atoms with Gasteiger partial charge in [-0.15, -0.1) is 5.10 Å². The molecule has 0 aliphatic heterocycles. The second-order valence-electron chi connectivity index (χ2n) is 3.03. The number of rotatable bonds is 4. The van der Waals surface area contributed by atoms with Gasteiger partial charge < -0.3 is 5.32 Å². The van der Waals surface area contributed by atoms with Gasteiger partial charge in [0.25, 0.3) is 0 Å². The summed E-state index contributed by atoms with van der Waals surface area (Å²) < 4.78 is 48.5. The summed E-state index contributed by atoms with van der Waals surface area (Å²) in [6.45, 7) is 0.522. The van der Waals surface area contributed by atoms with Crippen molar-refractivity contribution in [3.8, 4) is 0 Å². The average Bonchev–Trinajstić information content (AvgIpc) is 2.15. The van der Waals surface area contributed by atoms with E-state index in [1.54, 1.807) is 6.92 Å². The van der Waals surface area contributed by atoms with Crippen LogP contribution in [0.4, 0.5) is 23.4 Å². The zero-order valence-electron chi connectivity index (χ0n) is 7.85. The van der Waals surface area contributed by atoms with Crippen LogP contribution >= 0.6 is 0 Å². The van der Waals surface area contributed by atoms with Gasteiger partial charge in [-0.3, -0.25) is 0 Å². The lowest BCUT2D eigenvalue weighted by Gasteiger charge is -2.15. The second kappa shape index (κ2) is 4.41. The average molecular weight is 223 g/mol. The summed E-state index contributed by atoms with van der Waals surface area (Å²) in [4.78, 5) is 0. The Morgan fingerprint density at radius 1 is 1.47 bits per heavy atom. The topological polar surface area (TPSA) is 37.8 Å². The summed E-state index contributed by atoms with van der Waals surface area (Å²) in [5.41, 5.74) is 0.702. The third-order valence-electron chi connectivity index (χ3n) is 1.62. The van der Waals surface area contributed by atoms with Gasteiger partial charge >= 0.3 is 12.3 Å². The van der Waals surface area contributed by atoms with Crippen LogP contribution in [0.25, 0.3) is 0 Å². The normalized spacial score (nSPS) is 11.9. The van der Waals surface area contributed by atoms with E-state index in [-0.39, 0.29) is 5.82 Å². The lowest BCUT2D eigenvalue weighted by Crippen LogP contribution is -2.35. The first-order chi connectivity index (χ1) is 6.92. The van der Waals surface area contributed by atoms with E-state index >= 15 is 0 Å². The standard InChI is InChI=1S/C8H9F4N3/c1-5-2-6(15-14-3-5)13-4-8(11,12)7(9)10/h2-3,7H,4H2,1H3,(H,13,15). The third-order valence-corrected chi connectivity index (χ3v) is 1.62. The lowest BCUT2D eigenvalue weighted by atomic mass is 10.3. The Hall–Kier alpha value is -1.40. The highest BCUT2D eigenvalue weighted by Gasteiger charge is 2.40. The Morgan fingerprint density at radius 3 is 2.67 bits per heavy atom. The van der Waals surface area contributed by atoms with Crippen LogP contribution in [0.2, 0.25) is 0 Å². The maximum Gasteiger partial charge on any atom is 0.324 e. The minimum atomic E-state index is -4.06. The van der Waals surface area contributed by atoms with Crippen LogP contribution in [0, 0.1) is 6.92 Å². The molecule has 1 N–H and O–H groups in total. The van der Waals surface area contributed by atoms with Gasteiger partial charge in [0.15, 0.2) is 0 Å². The number of anilines is 1. The number of nitrogens with one attached hydrogen (secondary N) is 1. The lowest BCUT2D eigenvalue weighted by molar-refractivity contribution is -0.117. The number of aryl methyl sites for hydroxylation is 1. The predicted octanol–water partition coefficient (Wildman–Crippen LogP) is 2.10. The molecule has 1 aromatic heterocycles. The van der Waals surface area contributed by atoms with E-state index in [0.29, 0.717) is 5.56 Å². The van der Waals surface area contributed by atoms with Crippen LogP contribution in [0.1, 0.15) is 5.56 Å². The molecule has 3 nitrogen and oxygen atoms in total. The van der Waals surface area contributed by atoms with Crippen molar-refractivity contribution >= 4 is 5.82 Å². The quantitative estimate of drug-likeness (QED) is 0.794. The maximum atomic E-state index is 12.5. The van der Waals surface area contributed by atoms with E-state index in [0.717, 1.165) is 0 Å². The highest BCUT2D eigenvalue weighted by Crippen LogP contribution is 2.22. The van der Waals surface area contributed by atoms with E-state index in [1.165, 1.54) is 12.3 Å². The van der Waals surface area contributed by atoms with Crippen molar-refractivity contribution in [2.24, 2.45) is 0 Å². The summed E-state index contributed by atoms with van der Waals surface area (Å²) >= 11 is 0. The molecular formula is C8H9F4N3. The van der Waals surface area contributed by atoms with Gasteiger partial charge in [0.2, 0.25) is 0 Å². The molecule has 0 atom stereocenters. The number of hydrogen-bond donors (Lipinski definition) is 1. The molecule has 0 aliphatic carbocycles. The van der Waals surface area contributed by atoms with Gasteiger partial charge in [0.05, 0.1) is 12.7 Å². The Morgan fingerprint density at radius 2 is 2.13 bits per heavy atom. The molecule has 1 heterocycles. The smallest absolute Gasteiger partial charge is 0.324 e. The minimum absolute atomic E-state index is 0.0512. The molecule has 0 spiro atoms. The predicted molar refractivity (Wildman–Crippen MR) is 46.2 cm³/mol. The first-order valence-corrected chi connectivity index (χ1v) is 4.11. The summed E-state index contributed by atoms with van der Waals surface area (Å²) in [5.74, 6) is -4.01. The van der Waals surface area contributed by atoms with Crippen LogP contribution in [0.15, 0.2) is 12.3 Å². The van der Waals surface area contributed by atoms with Crippen molar-refractivity contribution < 1.29 is 17.6 Å². The van der Waals surface area contributed by atoms with Crippen LogP contribution in [0.5, 0.6) is 0 Å². The molecule has 0 aliphatic rings. The van der Waals surface area contributed by atoms with Crippen molar-refractivity contribution in [2.45, 2.75) is 19.3 Å². The first kappa shape index (κ1) is 11.7. The highest BCUT2D eigenvalue weighted by atomic mass is 19.3. The Labute approximate surface area is 83.5 Å². The molecule has 0 saturated heterocycles. The highest BCUT2D eigenvalue weighted by molar-refractivity contribution is 5.35. The van der Waals surface area contributed by atoms with Gasteiger partial charge in [-0.25, -0.2) is 8.78 Å². The number of hydrogen-bond acceptors (Lipinski definition) is 3. The maximum absolute atomic E-state index is 12.5. The number of nitrogens with zero attached hydrogens (tertiary/aromatic N) is 2. The molecule has 15 heavy (non-hydrogen) atoms. The largest absolute Gasteiger partial charge is 0.362 e. The van der Waals surface area contributed by atoms with Crippen molar-refractivity contribution in [1.82, 2.24) is 10.2 Å². The fourth-order valence-corrected chi connectivity index (χ4v) is 0.836. The van der Waals surface area contributed by atoms with Crippen molar-refractivity contribution in [3.05, 3.63) is 17.8 Å². The zero-order chi connectivity index (χ0) is 11.5. The van der Waals surface area contributed by atoms with Crippen molar-refractivity contribution in [2.75, 3.05) is 11.9 Å². The van der Waals surface area contributed by atoms with Crippen molar-refractivity contribution in [1.29, 1.82) is 0 Å². The molecule has 0 amide bonds. The fraction of sp³-hybridized carbons (Fsp3) is 0.500. The molecule has 0 unspecified atom stereocenters. The Balaban J connectivity index is 2.57. The summed E-state index contributed by atoms with van der Waals surface area (Å²) in [7, 11) is 0. The van der Waals surface area contributed by atoms with Crippen LogP contribution < -0.4 is 5.32 Å². The van der Waals surface area contributed by atoms with E-state index in [9.17, 15) is 17.6 Å². The monoisotopic (exact) mass is 223 g/mol. The van der Waals surface area contributed by atoms with E-state index in [2.05, 4.69) is 15.5 Å². The SMILES string of the molecule is Cc1cnnc(NCC(F)(F)C(F)F)c1. The van der Waals surface area contributed by atoms with E-state index in [1.807, 2.05) is 0 Å². The molecule has 1 aromatic rings. The van der Waals surface area contributed by atoms with E-state index < -0.39 is 18.9 Å². The van der Waals surface area contributed by atoms with Crippen LogP contribution in [0.3, 0.4) is 0 Å². The summed E-state index contributed by atoms with van der Waals surface area (Å²) in [5, 5.41) is 9.05. The second-order valence-corrected chi connectivity index (χ2v) is 3.03. The number of alkyl halides is 4. The number of aromatic nitrogens is 2. The molecule has 0 radical (unpaired) electrons. The molecule has 0 fully saturated rings. The van der Waals surface area contributed by atoms with Crippen LogP contribution in [-0.4, -0.2) is 29.1 Å². The van der Waals surface area contributed by atoms with Gasteiger partial charge in [0, 0.05) is 0 Å². The zero-order valence-corrected chi connectivity index (χ0v) is 7.85. The van der Waals surface area contributed by atoms with Gasteiger partial charge in [-0.1, -0.05) is 0 Å². The van der Waals surface area contributed by atoms with Gasteiger partial charge in [-0.05, 0) is 18.6 Å². The number of halogens is 4. The van der Waals surface area contributed by atoms with E-state index in [4.69, 9.17) is 0 Å². The molecule has 0 aromatic carbocycles. The minimum Gasteiger partial charge on any atom is -0.362 e. The third kappa shape index (κ3) is 3.34. The molecular weight excluding hydrogens is 214 g/mol. The molecule has 0 saturated carbocycles.